The van der Waals surface area contributed by atoms with Gasteiger partial charge in [0.1, 0.15) is 11.5 Å². The summed E-state index contributed by atoms with van der Waals surface area (Å²) in [5, 5.41) is 10.8. The second-order valence-corrected chi connectivity index (χ2v) is 6.51. The van der Waals surface area contributed by atoms with Crippen molar-refractivity contribution < 1.29 is 9.90 Å². The van der Waals surface area contributed by atoms with Crippen molar-refractivity contribution in [2.24, 2.45) is 5.92 Å². The van der Waals surface area contributed by atoms with Crippen LogP contribution in [0, 0.1) is 12.8 Å². The maximum atomic E-state index is 12.1. The van der Waals surface area contributed by atoms with E-state index in [4.69, 9.17) is 23.2 Å². The van der Waals surface area contributed by atoms with Crippen molar-refractivity contribution in [3.05, 3.63) is 27.2 Å². The highest BCUT2D eigenvalue weighted by molar-refractivity contribution is 6.37. The van der Waals surface area contributed by atoms with Gasteiger partial charge in [0.25, 0.3) is 0 Å². The third-order valence-electron chi connectivity index (χ3n) is 4.13. The fraction of sp³-hybridized carbons (Fsp3) is 0.562. The summed E-state index contributed by atoms with van der Waals surface area (Å²) in [5.74, 6) is 0.656. The number of benzene rings is 1. The molecule has 0 saturated heterocycles. The minimum Gasteiger partial charge on any atom is -0.506 e. The van der Waals surface area contributed by atoms with E-state index in [0.717, 1.165) is 12.8 Å². The highest BCUT2D eigenvalue weighted by atomic mass is 35.5. The Kier molecular flexibility index (Phi) is 5.34. The Labute approximate surface area is 130 Å². The number of phenols is 1. The van der Waals surface area contributed by atoms with Crippen LogP contribution in [0.1, 0.15) is 49.7 Å². The molecule has 1 N–H and O–H groups in total. The summed E-state index contributed by atoms with van der Waals surface area (Å²) in [6, 6.07) is 1.65. The van der Waals surface area contributed by atoms with E-state index in [9.17, 15) is 9.90 Å². The number of hydrogen-bond donors (Lipinski definition) is 1. The van der Waals surface area contributed by atoms with Crippen molar-refractivity contribution >= 4 is 29.0 Å². The van der Waals surface area contributed by atoms with Gasteiger partial charge in [-0.3, -0.25) is 4.79 Å². The van der Waals surface area contributed by atoms with Gasteiger partial charge < -0.3 is 5.11 Å². The minimum atomic E-state index is -0.00874. The lowest BCUT2D eigenvalue weighted by atomic mass is 9.85. The molecule has 4 heteroatoms. The van der Waals surface area contributed by atoms with Gasteiger partial charge in [0.2, 0.25) is 0 Å². The number of carbonyl (C=O) groups excluding carboxylic acids is 1. The van der Waals surface area contributed by atoms with E-state index in [1.54, 1.807) is 13.0 Å². The summed E-state index contributed by atoms with van der Waals surface area (Å²) < 4.78 is 0. The first-order valence-electron chi connectivity index (χ1n) is 7.17. The fourth-order valence-electron chi connectivity index (χ4n) is 2.89. The zero-order valence-corrected chi connectivity index (χ0v) is 13.2. The molecule has 0 bridgehead atoms. The van der Waals surface area contributed by atoms with Crippen molar-refractivity contribution in [1.29, 1.82) is 0 Å². The first kappa shape index (κ1) is 15.7. The molecule has 20 heavy (non-hydrogen) atoms. The number of halogens is 2. The van der Waals surface area contributed by atoms with E-state index >= 15 is 0 Å². The lowest BCUT2D eigenvalue weighted by Gasteiger charge is -2.20. The number of aromatic hydroxyl groups is 1. The van der Waals surface area contributed by atoms with Crippen LogP contribution in [-0.4, -0.2) is 10.9 Å². The van der Waals surface area contributed by atoms with Crippen LogP contribution in [-0.2, 0) is 11.2 Å². The molecular weight excluding hydrogens is 295 g/mol. The molecule has 2 nitrogen and oxygen atoms in total. The number of phenolic OH excluding ortho intramolecular Hbond substituents is 1. The third-order valence-corrected chi connectivity index (χ3v) is 4.98. The van der Waals surface area contributed by atoms with Gasteiger partial charge in [-0.05, 0) is 24.5 Å². The standard InChI is InChI=1S/C16H20Cl2O2/c1-10-14(17)9-12(16(20)15(10)18)8-13(19)7-11-5-3-2-4-6-11/h9,11,20H,2-8H2,1H3. The smallest absolute Gasteiger partial charge is 0.138 e. The number of hydrogen-bond acceptors (Lipinski definition) is 2. The molecule has 1 aromatic carbocycles. The van der Waals surface area contributed by atoms with Gasteiger partial charge in [0, 0.05) is 23.4 Å². The van der Waals surface area contributed by atoms with Gasteiger partial charge in [-0.2, -0.15) is 0 Å². The lowest BCUT2D eigenvalue weighted by molar-refractivity contribution is -0.119. The second-order valence-electron chi connectivity index (χ2n) is 5.73. The number of ketones is 1. The number of carbonyl (C=O) groups is 1. The third kappa shape index (κ3) is 3.67. The maximum Gasteiger partial charge on any atom is 0.138 e. The van der Waals surface area contributed by atoms with E-state index in [0.29, 0.717) is 28.5 Å². The van der Waals surface area contributed by atoms with E-state index in [1.807, 2.05) is 0 Å². The van der Waals surface area contributed by atoms with Crippen LogP contribution in [0.15, 0.2) is 6.07 Å². The normalized spacial score (nSPS) is 16.4. The summed E-state index contributed by atoms with van der Waals surface area (Å²) >= 11 is 12.1. The van der Waals surface area contributed by atoms with Gasteiger partial charge in [0.05, 0.1) is 5.02 Å². The Morgan fingerprint density at radius 2 is 1.95 bits per heavy atom. The van der Waals surface area contributed by atoms with E-state index in [2.05, 4.69) is 0 Å². The largest absolute Gasteiger partial charge is 0.506 e. The van der Waals surface area contributed by atoms with Gasteiger partial charge in [-0.25, -0.2) is 0 Å². The number of Topliss-reactive ketones (excluding diaryl/α,β-unsaturated/α-hetero) is 1. The topological polar surface area (TPSA) is 37.3 Å². The van der Waals surface area contributed by atoms with E-state index in [1.165, 1.54) is 19.3 Å². The molecule has 1 aliphatic carbocycles. The molecule has 0 amide bonds. The first-order valence-corrected chi connectivity index (χ1v) is 7.92. The zero-order chi connectivity index (χ0) is 14.7. The SMILES string of the molecule is Cc1c(Cl)cc(CC(=O)CC2CCCCC2)c(O)c1Cl. The Morgan fingerprint density at radius 3 is 2.60 bits per heavy atom. The Morgan fingerprint density at radius 1 is 1.30 bits per heavy atom. The van der Waals surface area contributed by atoms with E-state index in [-0.39, 0.29) is 23.0 Å². The van der Waals surface area contributed by atoms with Crippen LogP contribution < -0.4 is 0 Å². The van der Waals surface area contributed by atoms with Crippen molar-refractivity contribution in [3.8, 4) is 5.75 Å². The van der Waals surface area contributed by atoms with Crippen molar-refractivity contribution in [2.75, 3.05) is 0 Å². The predicted octanol–water partition coefficient (Wildman–Crippen LogP) is 5.09. The Bertz CT molecular complexity index is 506. The molecule has 0 aromatic heterocycles. The summed E-state index contributed by atoms with van der Waals surface area (Å²) in [5.41, 5.74) is 1.18. The molecule has 1 fully saturated rings. The molecule has 0 atom stereocenters. The van der Waals surface area contributed by atoms with Gasteiger partial charge in [-0.1, -0.05) is 55.3 Å². The van der Waals surface area contributed by atoms with Crippen LogP contribution in [0.4, 0.5) is 0 Å². The van der Waals surface area contributed by atoms with Gasteiger partial charge in [0.15, 0.2) is 0 Å². The molecule has 2 rings (SSSR count). The molecule has 1 aliphatic rings. The summed E-state index contributed by atoms with van der Waals surface area (Å²) in [7, 11) is 0. The van der Waals surface area contributed by atoms with Crippen LogP contribution in [0.2, 0.25) is 10.0 Å². The van der Waals surface area contributed by atoms with Crippen LogP contribution in [0.5, 0.6) is 5.75 Å². The molecule has 1 aromatic rings. The summed E-state index contributed by atoms with van der Waals surface area (Å²) in [6.45, 7) is 1.75. The summed E-state index contributed by atoms with van der Waals surface area (Å²) in [4.78, 5) is 12.1. The summed E-state index contributed by atoms with van der Waals surface area (Å²) in [6.07, 6.45) is 6.84. The molecule has 0 radical (unpaired) electrons. The monoisotopic (exact) mass is 314 g/mol. The fourth-order valence-corrected chi connectivity index (χ4v) is 3.38. The molecule has 0 aliphatic heterocycles. The maximum absolute atomic E-state index is 12.1. The number of rotatable bonds is 4. The molecule has 110 valence electrons. The molecular formula is C16H20Cl2O2. The van der Waals surface area contributed by atoms with Gasteiger partial charge >= 0.3 is 0 Å². The molecule has 0 spiro atoms. The van der Waals surface area contributed by atoms with Crippen molar-refractivity contribution in [3.63, 3.8) is 0 Å². The van der Waals surface area contributed by atoms with Crippen LogP contribution in [0.3, 0.4) is 0 Å². The molecule has 0 unspecified atom stereocenters. The van der Waals surface area contributed by atoms with Crippen LogP contribution >= 0.6 is 23.2 Å². The average molecular weight is 315 g/mol. The van der Waals surface area contributed by atoms with Crippen molar-refractivity contribution in [2.45, 2.75) is 51.9 Å². The molecule has 0 heterocycles. The first-order chi connectivity index (χ1) is 9.49. The second kappa shape index (κ2) is 6.82. The Hall–Kier alpha value is -0.730. The average Bonchev–Trinajstić information content (AvgIpc) is 2.43. The quantitative estimate of drug-likeness (QED) is 0.840. The molecule has 1 saturated carbocycles. The minimum absolute atomic E-state index is 0.00874. The Balaban J connectivity index is 2.04. The van der Waals surface area contributed by atoms with E-state index < -0.39 is 0 Å². The lowest BCUT2D eigenvalue weighted by Crippen LogP contribution is -2.13. The highest BCUT2D eigenvalue weighted by Crippen LogP contribution is 2.36. The predicted molar refractivity (Wildman–Crippen MR) is 82.8 cm³/mol. The van der Waals surface area contributed by atoms with Crippen molar-refractivity contribution in [1.82, 2.24) is 0 Å². The highest BCUT2D eigenvalue weighted by Gasteiger charge is 2.19. The van der Waals surface area contributed by atoms with Crippen LogP contribution in [0.25, 0.3) is 0 Å². The van der Waals surface area contributed by atoms with Gasteiger partial charge in [-0.15, -0.1) is 0 Å². The zero-order valence-electron chi connectivity index (χ0n) is 11.7.